The number of hydrogen-bond donors (Lipinski definition) is 0. The molecular formula is C15H25N3OS. The number of carbonyl (C=O) groups is 1. The molecule has 0 bridgehead atoms. The molecule has 1 aliphatic rings. The molecule has 0 aliphatic carbocycles. The first-order chi connectivity index (χ1) is 9.52. The van der Waals surface area contributed by atoms with Gasteiger partial charge in [-0.2, -0.15) is 0 Å². The Morgan fingerprint density at radius 3 is 2.65 bits per heavy atom. The second-order valence-corrected chi connectivity index (χ2v) is 6.70. The second kappa shape index (κ2) is 6.68. The van der Waals surface area contributed by atoms with Gasteiger partial charge in [-0.15, -0.1) is 11.3 Å². The lowest BCUT2D eigenvalue weighted by Gasteiger charge is -2.26. The van der Waals surface area contributed by atoms with Gasteiger partial charge in [-0.25, -0.2) is 4.98 Å². The van der Waals surface area contributed by atoms with Gasteiger partial charge in [-0.05, 0) is 40.2 Å². The fourth-order valence-corrected chi connectivity index (χ4v) is 3.75. The number of hydrogen-bond acceptors (Lipinski definition) is 4. The maximum atomic E-state index is 12.2. The van der Waals surface area contributed by atoms with Gasteiger partial charge in [0.05, 0.1) is 17.2 Å². The highest BCUT2D eigenvalue weighted by atomic mass is 32.1. The van der Waals surface area contributed by atoms with E-state index in [1.165, 1.54) is 9.88 Å². The van der Waals surface area contributed by atoms with E-state index in [9.17, 15) is 4.79 Å². The summed E-state index contributed by atoms with van der Waals surface area (Å²) >= 11 is 1.78. The zero-order valence-corrected chi connectivity index (χ0v) is 13.8. The molecule has 1 fully saturated rings. The molecule has 2 heterocycles. The zero-order chi connectivity index (χ0) is 14.7. The summed E-state index contributed by atoms with van der Waals surface area (Å²) in [7, 11) is 2.03. The monoisotopic (exact) mass is 295 g/mol. The first kappa shape index (κ1) is 15.4. The maximum Gasteiger partial charge on any atom is 0.236 e. The predicted octanol–water partition coefficient (Wildman–Crippen LogP) is 2.63. The van der Waals surface area contributed by atoms with Crippen LogP contribution in [0.4, 0.5) is 0 Å². The molecule has 0 N–H and O–H groups in total. The number of nitrogens with zero attached hydrogens (tertiary/aromatic N) is 3. The first-order valence-corrected chi connectivity index (χ1v) is 8.28. The Labute approximate surface area is 125 Å². The van der Waals surface area contributed by atoms with E-state index in [2.05, 4.69) is 30.7 Å². The lowest BCUT2D eigenvalue weighted by molar-refractivity contribution is -0.131. The topological polar surface area (TPSA) is 36.4 Å². The minimum atomic E-state index is 0.249. The van der Waals surface area contributed by atoms with Crippen molar-refractivity contribution in [2.24, 2.45) is 0 Å². The number of amides is 1. The molecule has 5 heteroatoms. The molecule has 1 aliphatic heterocycles. The Morgan fingerprint density at radius 2 is 2.10 bits per heavy atom. The molecular weight excluding hydrogens is 270 g/mol. The minimum Gasteiger partial charge on any atom is -0.342 e. The van der Waals surface area contributed by atoms with Gasteiger partial charge in [-0.3, -0.25) is 9.69 Å². The van der Waals surface area contributed by atoms with Crippen molar-refractivity contribution in [2.75, 3.05) is 26.7 Å². The largest absolute Gasteiger partial charge is 0.342 e. The normalized spacial score (nSPS) is 16.9. The van der Waals surface area contributed by atoms with Crippen molar-refractivity contribution >= 4 is 17.2 Å². The van der Waals surface area contributed by atoms with Gasteiger partial charge >= 0.3 is 0 Å². The Hall–Kier alpha value is -0.940. The van der Waals surface area contributed by atoms with Crippen molar-refractivity contribution in [1.82, 2.24) is 14.8 Å². The molecule has 112 valence electrons. The van der Waals surface area contributed by atoms with E-state index >= 15 is 0 Å². The molecule has 0 unspecified atom stereocenters. The second-order valence-electron chi connectivity index (χ2n) is 5.59. The van der Waals surface area contributed by atoms with Crippen LogP contribution in [0.15, 0.2) is 0 Å². The summed E-state index contributed by atoms with van der Waals surface area (Å²) < 4.78 is 0. The van der Waals surface area contributed by atoms with Crippen LogP contribution in [0.25, 0.3) is 0 Å². The summed E-state index contributed by atoms with van der Waals surface area (Å²) in [4.78, 5) is 22.2. The van der Waals surface area contributed by atoms with Gasteiger partial charge in [0.2, 0.25) is 5.91 Å². The van der Waals surface area contributed by atoms with Crippen LogP contribution in [0, 0.1) is 6.92 Å². The molecule has 1 atom stereocenters. The predicted molar refractivity (Wildman–Crippen MR) is 83.1 cm³/mol. The van der Waals surface area contributed by atoms with Crippen LogP contribution in [0.3, 0.4) is 0 Å². The Balaban J connectivity index is 1.98. The first-order valence-electron chi connectivity index (χ1n) is 7.47. The van der Waals surface area contributed by atoms with E-state index in [4.69, 9.17) is 0 Å². The fraction of sp³-hybridized carbons (Fsp3) is 0.733. The number of aryl methyl sites for hydroxylation is 2. The minimum absolute atomic E-state index is 0.249. The standard InChI is InChI=1S/C15H25N3OS/c1-5-13-16-11(2)15(20-13)12(3)17(4)10-14(19)18-8-6-7-9-18/h12H,5-10H2,1-4H3/t12-/m0/s1. The number of thiazole rings is 1. The molecule has 2 rings (SSSR count). The van der Waals surface area contributed by atoms with E-state index in [0.29, 0.717) is 6.54 Å². The van der Waals surface area contributed by atoms with Gasteiger partial charge in [-0.1, -0.05) is 6.92 Å². The van der Waals surface area contributed by atoms with Crippen molar-refractivity contribution in [2.45, 2.75) is 46.1 Å². The van der Waals surface area contributed by atoms with Crippen LogP contribution in [-0.4, -0.2) is 47.4 Å². The van der Waals surface area contributed by atoms with Crippen molar-refractivity contribution < 1.29 is 4.79 Å². The van der Waals surface area contributed by atoms with Gasteiger partial charge in [0, 0.05) is 24.0 Å². The lowest BCUT2D eigenvalue weighted by atomic mass is 10.2. The molecule has 0 radical (unpaired) electrons. The highest BCUT2D eigenvalue weighted by Gasteiger charge is 2.23. The average Bonchev–Trinajstić information content (AvgIpc) is 3.06. The smallest absolute Gasteiger partial charge is 0.236 e. The maximum absolute atomic E-state index is 12.2. The third-order valence-corrected chi connectivity index (χ3v) is 5.54. The third kappa shape index (κ3) is 3.38. The van der Waals surface area contributed by atoms with Crippen molar-refractivity contribution in [1.29, 1.82) is 0 Å². The van der Waals surface area contributed by atoms with Crippen LogP contribution >= 0.6 is 11.3 Å². The zero-order valence-electron chi connectivity index (χ0n) is 13.0. The Bertz CT molecular complexity index is 466. The number of rotatable bonds is 5. The molecule has 0 saturated carbocycles. The molecule has 1 aromatic rings. The lowest BCUT2D eigenvalue weighted by Crippen LogP contribution is -2.38. The number of carbonyl (C=O) groups excluding carboxylic acids is 1. The number of likely N-dealkylation sites (N-methyl/N-ethyl adjacent to an activating group) is 1. The van der Waals surface area contributed by atoms with Crippen molar-refractivity contribution in [3.05, 3.63) is 15.6 Å². The molecule has 0 spiro atoms. The summed E-state index contributed by atoms with van der Waals surface area (Å²) in [6.45, 7) is 8.73. The molecule has 1 amide bonds. The molecule has 1 saturated heterocycles. The van der Waals surface area contributed by atoms with E-state index < -0.39 is 0 Å². The Kier molecular flexibility index (Phi) is 5.16. The Morgan fingerprint density at radius 1 is 1.45 bits per heavy atom. The highest BCUT2D eigenvalue weighted by molar-refractivity contribution is 7.11. The fourth-order valence-electron chi connectivity index (χ4n) is 2.62. The van der Waals surface area contributed by atoms with Gasteiger partial charge in [0.25, 0.3) is 0 Å². The SMILES string of the molecule is CCc1nc(C)c([C@H](C)N(C)CC(=O)N2CCCC2)s1. The van der Waals surface area contributed by atoms with Crippen LogP contribution in [0.5, 0.6) is 0 Å². The average molecular weight is 295 g/mol. The van der Waals surface area contributed by atoms with E-state index in [-0.39, 0.29) is 11.9 Å². The van der Waals surface area contributed by atoms with Crippen molar-refractivity contribution in [3.63, 3.8) is 0 Å². The summed E-state index contributed by atoms with van der Waals surface area (Å²) in [5.41, 5.74) is 1.11. The van der Waals surface area contributed by atoms with Gasteiger partial charge < -0.3 is 4.90 Å². The van der Waals surface area contributed by atoms with Crippen LogP contribution in [-0.2, 0) is 11.2 Å². The number of aromatic nitrogens is 1. The quantitative estimate of drug-likeness (QED) is 0.838. The van der Waals surface area contributed by atoms with E-state index in [1.807, 2.05) is 11.9 Å². The van der Waals surface area contributed by atoms with Crippen LogP contribution < -0.4 is 0 Å². The summed E-state index contributed by atoms with van der Waals surface area (Å²) in [6.07, 6.45) is 3.28. The molecule has 4 nitrogen and oxygen atoms in total. The summed E-state index contributed by atoms with van der Waals surface area (Å²) in [5, 5.41) is 1.18. The van der Waals surface area contributed by atoms with Gasteiger partial charge in [0.1, 0.15) is 0 Å². The van der Waals surface area contributed by atoms with Crippen LogP contribution in [0.2, 0.25) is 0 Å². The van der Waals surface area contributed by atoms with E-state index in [0.717, 1.165) is 38.0 Å². The van der Waals surface area contributed by atoms with Crippen molar-refractivity contribution in [3.8, 4) is 0 Å². The molecule has 1 aromatic heterocycles. The van der Waals surface area contributed by atoms with Gasteiger partial charge in [0.15, 0.2) is 0 Å². The summed E-state index contributed by atoms with van der Waals surface area (Å²) in [6, 6.07) is 0.249. The van der Waals surface area contributed by atoms with E-state index in [1.54, 1.807) is 11.3 Å². The summed E-state index contributed by atoms with van der Waals surface area (Å²) in [5.74, 6) is 0.259. The number of likely N-dealkylation sites (tertiary alicyclic amines) is 1. The molecule has 20 heavy (non-hydrogen) atoms. The van der Waals surface area contributed by atoms with Crippen LogP contribution in [0.1, 0.15) is 48.3 Å². The molecule has 0 aromatic carbocycles. The third-order valence-electron chi connectivity index (χ3n) is 4.06. The highest BCUT2D eigenvalue weighted by Crippen LogP contribution is 2.28.